The van der Waals surface area contributed by atoms with Crippen LogP contribution in [-0.4, -0.2) is 42.1 Å². The van der Waals surface area contributed by atoms with Crippen molar-refractivity contribution in [3.05, 3.63) is 59.2 Å². The zero-order valence-electron chi connectivity index (χ0n) is 17.3. The second kappa shape index (κ2) is 7.02. The second-order valence-corrected chi connectivity index (χ2v) is 9.23. The van der Waals surface area contributed by atoms with Gasteiger partial charge in [0.25, 0.3) is 5.91 Å². The van der Waals surface area contributed by atoms with Crippen LogP contribution in [0, 0.1) is 5.92 Å². The van der Waals surface area contributed by atoms with Crippen LogP contribution in [-0.2, 0) is 12.1 Å². The lowest BCUT2D eigenvalue weighted by molar-refractivity contribution is 0.0671. The lowest BCUT2D eigenvalue weighted by Crippen LogP contribution is -2.37. The lowest BCUT2D eigenvalue weighted by Gasteiger charge is -2.33. The maximum absolute atomic E-state index is 13.2. The molecule has 1 saturated carbocycles. The Morgan fingerprint density at radius 1 is 1.00 bits per heavy atom. The van der Waals surface area contributed by atoms with Gasteiger partial charge in [0.1, 0.15) is 0 Å². The molecule has 2 fully saturated rings. The topological polar surface area (TPSA) is 42.0 Å². The second-order valence-electron chi connectivity index (χ2n) is 9.23. The van der Waals surface area contributed by atoms with Gasteiger partial charge in [0, 0.05) is 18.7 Å². The smallest absolute Gasteiger partial charge is 0.255 e. The van der Waals surface area contributed by atoms with Crippen LogP contribution in [0.15, 0.2) is 42.5 Å². The number of hydrogen-bond acceptors (Lipinski definition) is 4. The molecule has 0 N–H and O–H groups in total. The number of carbonyl (C=O) groups excluding carboxylic acids is 1. The van der Waals surface area contributed by atoms with Gasteiger partial charge in [0.2, 0.25) is 6.79 Å². The van der Waals surface area contributed by atoms with Crippen LogP contribution in [0.1, 0.15) is 53.6 Å². The van der Waals surface area contributed by atoms with Gasteiger partial charge < -0.3 is 14.4 Å². The van der Waals surface area contributed by atoms with Crippen molar-refractivity contribution in [2.24, 2.45) is 5.92 Å². The van der Waals surface area contributed by atoms with Gasteiger partial charge in [-0.2, -0.15) is 0 Å². The minimum Gasteiger partial charge on any atom is -0.454 e. The number of fused-ring (bicyclic) bond motifs is 3. The predicted octanol–water partition coefficient (Wildman–Crippen LogP) is 4.16. The average Bonchev–Trinajstić information content (AvgIpc) is 3.38. The number of carbonyl (C=O) groups is 1. The molecular formula is C25H28N2O3. The molecule has 5 nitrogen and oxygen atoms in total. The summed E-state index contributed by atoms with van der Waals surface area (Å²) in [5.41, 5.74) is 3.32. The van der Waals surface area contributed by atoms with Crippen LogP contribution in [0.25, 0.3) is 0 Å². The molecule has 1 amide bonds. The van der Waals surface area contributed by atoms with Crippen LogP contribution < -0.4 is 9.47 Å². The van der Waals surface area contributed by atoms with Gasteiger partial charge in [0.15, 0.2) is 11.5 Å². The number of rotatable bonds is 5. The van der Waals surface area contributed by atoms with E-state index in [0.717, 1.165) is 62.3 Å². The highest BCUT2D eigenvalue weighted by Gasteiger charge is 2.58. The highest BCUT2D eigenvalue weighted by atomic mass is 16.7. The van der Waals surface area contributed by atoms with Crippen molar-refractivity contribution in [1.29, 1.82) is 0 Å². The molecule has 3 aliphatic heterocycles. The fraction of sp³-hybridized carbons (Fsp3) is 0.480. The first-order valence-corrected chi connectivity index (χ1v) is 11.3. The van der Waals surface area contributed by atoms with Gasteiger partial charge >= 0.3 is 0 Å². The normalized spacial score (nSPS) is 22.0. The minimum atomic E-state index is -0.0680. The van der Waals surface area contributed by atoms with Crippen LogP contribution in [0.5, 0.6) is 11.5 Å². The predicted molar refractivity (Wildman–Crippen MR) is 114 cm³/mol. The van der Waals surface area contributed by atoms with Crippen molar-refractivity contribution in [3.8, 4) is 11.5 Å². The third-order valence-corrected chi connectivity index (χ3v) is 7.45. The number of benzene rings is 2. The number of piperidine rings is 1. The summed E-state index contributed by atoms with van der Waals surface area (Å²) in [6.07, 6.45) is 5.70. The summed E-state index contributed by atoms with van der Waals surface area (Å²) in [6, 6.07) is 14.7. The Labute approximate surface area is 177 Å². The molecule has 0 atom stereocenters. The van der Waals surface area contributed by atoms with Gasteiger partial charge in [-0.3, -0.25) is 9.69 Å². The van der Waals surface area contributed by atoms with Crippen molar-refractivity contribution < 1.29 is 14.3 Å². The van der Waals surface area contributed by atoms with E-state index >= 15 is 0 Å². The Balaban J connectivity index is 1.08. The molecule has 3 heterocycles. The van der Waals surface area contributed by atoms with E-state index in [4.69, 9.17) is 9.47 Å². The maximum atomic E-state index is 13.2. The third-order valence-electron chi connectivity index (χ3n) is 7.45. The first-order chi connectivity index (χ1) is 14.7. The van der Waals surface area contributed by atoms with E-state index in [-0.39, 0.29) is 18.2 Å². The standard InChI is InChI=1S/C25H28N2O3/c28-24-20-14-22-23(30-17-29-22)15-21(20)25(9-10-25)27(24)13-8-18-6-11-26(12-7-18)16-19-4-2-1-3-5-19/h1-5,14-15,18H,6-13,16-17H2. The number of nitrogens with zero attached hydrogens (tertiary/aromatic N) is 2. The minimum absolute atomic E-state index is 0.0680. The van der Waals surface area contributed by atoms with Gasteiger partial charge in [-0.25, -0.2) is 0 Å². The molecule has 0 unspecified atom stereocenters. The first kappa shape index (κ1) is 18.3. The summed E-state index contributed by atoms with van der Waals surface area (Å²) in [6.45, 7) is 4.47. The van der Waals surface area contributed by atoms with Crippen molar-refractivity contribution in [1.82, 2.24) is 9.80 Å². The van der Waals surface area contributed by atoms with Gasteiger partial charge in [0.05, 0.1) is 5.54 Å². The SMILES string of the molecule is O=C1c2cc3c(cc2C2(CC2)N1CCC1CCN(Cc2ccccc2)CC1)OCO3. The van der Waals surface area contributed by atoms with Gasteiger partial charge in [-0.15, -0.1) is 0 Å². The third kappa shape index (κ3) is 2.99. The number of amides is 1. The molecule has 1 saturated heterocycles. The summed E-state index contributed by atoms with van der Waals surface area (Å²) < 4.78 is 11.1. The molecule has 1 spiro atoms. The van der Waals surface area contributed by atoms with E-state index in [1.807, 2.05) is 6.07 Å². The van der Waals surface area contributed by atoms with Crippen molar-refractivity contribution in [3.63, 3.8) is 0 Å². The molecule has 0 bridgehead atoms. The quantitative estimate of drug-likeness (QED) is 0.750. The molecule has 2 aromatic carbocycles. The van der Waals surface area contributed by atoms with E-state index in [9.17, 15) is 4.79 Å². The van der Waals surface area contributed by atoms with Crippen molar-refractivity contribution in [2.75, 3.05) is 26.4 Å². The summed E-state index contributed by atoms with van der Waals surface area (Å²) in [5.74, 6) is 2.40. The molecule has 1 aliphatic carbocycles. The Morgan fingerprint density at radius 2 is 1.73 bits per heavy atom. The Hall–Kier alpha value is -2.53. The average molecular weight is 405 g/mol. The molecule has 0 aromatic heterocycles. The van der Waals surface area contributed by atoms with E-state index in [1.54, 1.807) is 0 Å². The number of ether oxygens (including phenoxy) is 2. The molecular weight excluding hydrogens is 376 g/mol. The molecule has 156 valence electrons. The first-order valence-electron chi connectivity index (χ1n) is 11.3. The molecule has 4 aliphatic rings. The fourth-order valence-corrected chi connectivity index (χ4v) is 5.55. The summed E-state index contributed by atoms with van der Waals surface area (Å²) in [4.78, 5) is 17.9. The fourth-order valence-electron chi connectivity index (χ4n) is 5.55. The molecule has 2 aromatic rings. The Bertz CT molecular complexity index is 962. The molecule has 0 radical (unpaired) electrons. The maximum Gasteiger partial charge on any atom is 0.255 e. The molecule has 30 heavy (non-hydrogen) atoms. The Morgan fingerprint density at radius 3 is 2.47 bits per heavy atom. The zero-order valence-corrected chi connectivity index (χ0v) is 17.3. The lowest BCUT2D eigenvalue weighted by atomic mass is 9.92. The van der Waals surface area contributed by atoms with Crippen LogP contribution in [0.3, 0.4) is 0 Å². The number of hydrogen-bond donors (Lipinski definition) is 0. The number of likely N-dealkylation sites (tertiary alicyclic amines) is 1. The molecule has 5 heteroatoms. The highest BCUT2D eigenvalue weighted by Crippen LogP contribution is 2.58. The van der Waals surface area contributed by atoms with Crippen molar-refractivity contribution in [2.45, 2.75) is 44.2 Å². The summed E-state index contributed by atoms with van der Waals surface area (Å²) in [7, 11) is 0. The zero-order chi connectivity index (χ0) is 20.1. The van der Waals surface area contributed by atoms with Crippen LogP contribution in [0.2, 0.25) is 0 Å². The van der Waals surface area contributed by atoms with E-state index in [1.165, 1.54) is 18.4 Å². The monoisotopic (exact) mass is 404 g/mol. The molecule has 6 rings (SSSR count). The van der Waals surface area contributed by atoms with E-state index < -0.39 is 0 Å². The van der Waals surface area contributed by atoms with E-state index in [2.05, 4.69) is 46.2 Å². The van der Waals surface area contributed by atoms with Gasteiger partial charge in [-0.1, -0.05) is 30.3 Å². The van der Waals surface area contributed by atoms with E-state index in [0.29, 0.717) is 11.7 Å². The largest absolute Gasteiger partial charge is 0.454 e. The highest BCUT2D eigenvalue weighted by molar-refractivity contribution is 6.01. The van der Waals surface area contributed by atoms with Gasteiger partial charge in [-0.05, 0) is 74.4 Å². The Kier molecular flexibility index (Phi) is 4.27. The van der Waals surface area contributed by atoms with Crippen molar-refractivity contribution >= 4 is 5.91 Å². The van der Waals surface area contributed by atoms with Crippen LogP contribution in [0.4, 0.5) is 0 Å². The summed E-state index contributed by atoms with van der Waals surface area (Å²) >= 11 is 0. The van der Waals surface area contributed by atoms with Crippen LogP contribution >= 0.6 is 0 Å². The summed E-state index contributed by atoms with van der Waals surface area (Å²) in [5, 5.41) is 0.